The Labute approximate surface area is 252 Å². The molecule has 3 aromatic rings. The van der Waals surface area contributed by atoms with E-state index in [2.05, 4.69) is 57.3 Å². The number of unbranched alkanes of at least 4 members (excludes halogenated alkanes) is 1. The number of hydrogen-bond donors (Lipinski definition) is 1. The smallest absolute Gasteiger partial charge is 0.291 e. The van der Waals surface area contributed by atoms with Gasteiger partial charge in [-0.2, -0.15) is 0 Å². The van der Waals surface area contributed by atoms with Crippen LogP contribution in [0.1, 0.15) is 134 Å². The normalized spacial score (nSPS) is 12.6. The highest BCUT2D eigenvalue weighted by atomic mass is 16.3. The SMILES string of the molecule is CCCCC(=O)CCCC(C)CC(=O)c1ccc(CCCC(CC)c2ccccc2C)c(NC(=O)c2ccc(C)o2)c1. The molecule has 5 heteroatoms. The van der Waals surface area contributed by atoms with E-state index < -0.39 is 0 Å². The van der Waals surface area contributed by atoms with Gasteiger partial charge in [0.05, 0.1) is 0 Å². The molecular formula is C37H49NO4. The van der Waals surface area contributed by atoms with Crippen molar-refractivity contribution in [1.82, 2.24) is 0 Å². The molecule has 5 nitrogen and oxygen atoms in total. The van der Waals surface area contributed by atoms with Gasteiger partial charge in [0.2, 0.25) is 0 Å². The molecule has 1 N–H and O–H groups in total. The predicted octanol–water partition coefficient (Wildman–Crippen LogP) is 9.80. The van der Waals surface area contributed by atoms with Crippen molar-refractivity contribution in [3.05, 3.63) is 88.4 Å². The quantitative estimate of drug-likeness (QED) is 0.154. The largest absolute Gasteiger partial charge is 0.456 e. The van der Waals surface area contributed by atoms with Crippen molar-refractivity contribution in [3.63, 3.8) is 0 Å². The predicted molar refractivity (Wildman–Crippen MR) is 171 cm³/mol. The Morgan fingerprint density at radius 1 is 0.881 bits per heavy atom. The standard InChI is InChI=1S/C37H49NO4/c1-6-8-17-32(39)18-11-13-26(3)24-35(40)31-22-21-30(34(25-31)38-37(41)36-23-20-28(5)42-36)16-12-15-29(7-2)33-19-10-9-14-27(33)4/h9-10,14,19-23,25-26,29H,6-8,11-13,15-18,24H2,1-5H3,(H,38,41). The van der Waals surface area contributed by atoms with Crippen LogP contribution >= 0.6 is 0 Å². The number of rotatable bonds is 18. The van der Waals surface area contributed by atoms with Crippen molar-refractivity contribution in [2.24, 2.45) is 5.92 Å². The van der Waals surface area contributed by atoms with Gasteiger partial charge in [-0.25, -0.2) is 0 Å². The molecule has 0 saturated heterocycles. The topological polar surface area (TPSA) is 76.4 Å². The fraction of sp³-hybridized carbons (Fsp3) is 0.486. The Hall–Kier alpha value is -3.47. The third kappa shape index (κ3) is 10.1. The Balaban J connectivity index is 1.68. The van der Waals surface area contributed by atoms with Gasteiger partial charge in [0.1, 0.15) is 11.5 Å². The maximum absolute atomic E-state index is 13.2. The van der Waals surface area contributed by atoms with Crippen LogP contribution in [0, 0.1) is 19.8 Å². The van der Waals surface area contributed by atoms with E-state index in [0.29, 0.717) is 48.0 Å². The molecule has 2 aromatic carbocycles. The summed E-state index contributed by atoms with van der Waals surface area (Å²) >= 11 is 0. The van der Waals surface area contributed by atoms with Crippen molar-refractivity contribution >= 4 is 23.2 Å². The number of anilines is 1. The summed E-state index contributed by atoms with van der Waals surface area (Å²) in [5.41, 5.74) is 5.01. The number of ketones is 2. The second kappa shape index (κ2) is 16.8. The minimum Gasteiger partial charge on any atom is -0.456 e. The van der Waals surface area contributed by atoms with Gasteiger partial charge in [-0.05, 0) is 106 Å². The van der Waals surface area contributed by atoms with Gasteiger partial charge >= 0.3 is 0 Å². The van der Waals surface area contributed by atoms with Crippen molar-refractivity contribution < 1.29 is 18.8 Å². The number of carbonyl (C=O) groups excluding carboxylic acids is 3. The molecule has 1 heterocycles. The lowest BCUT2D eigenvalue weighted by Crippen LogP contribution is -2.14. The summed E-state index contributed by atoms with van der Waals surface area (Å²) in [6.45, 7) is 10.4. The molecule has 0 radical (unpaired) electrons. The Morgan fingerprint density at radius 3 is 2.33 bits per heavy atom. The van der Waals surface area contributed by atoms with Gasteiger partial charge in [-0.3, -0.25) is 14.4 Å². The molecule has 2 atom stereocenters. The van der Waals surface area contributed by atoms with E-state index in [-0.39, 0.29) is 23.4 Å². The molecular weight excluding hydrogens is 522 g/mol. The zero-order valence-corrected chi connectivity index (χ0v) is 26.3. The molecule has 226 valence electrons. The Bertz CT molecular complexity index is 1320. The van der Waals surface area contributed by atoms with Crippen molar-refractivity contribution in [3.8, 4) is 0 Å². The molecule has 0 aliphatic heterocycles. The fourth-order valence-electron chi connectivity index (χ4n) is 5.67. The Kier molecular flexibility index (Phi) is 13.2. The summed E-state index contributed by atoms with van der Waals surface area (Å²) in [5, 5.41) is 3.02. The lowest BCUT2D eigenvalue weighted by atomic mass is 9.87. The number of Topliss-reactive ketones (excluding diaryl/α,β-unsaturated/α-hetero) is 2. The number of furan rings is 1. The molecule has 0 saturated carbocycles. The van der Waals surface area contributed by atoms with E-state index in [1.807, 2.05) is 25.1 Å². The first-order valence-corrected chi connectivity index (χ1v) is 15.8. The van der Waals surface area contributed by atoms with E-state index in [1.165, 1.54) is 11.1 Å². The number of nitrogens with one attached hydrogen (secondary N) is 1. The van der Waals surface area contributed by atoms with Gasteiger partial charge in [0.15, 0.2) is 11.5 Å². The molecule has 0 fully saturated rings. The molecule has 2 unspecified atom stereocenters. The summed E-state index contributed by atoms with van der Waals surface area (Å²) in [6, 6.07) is 17.7. The first-order valence-electron chi connectivity index (χ1n) is 15.8. The van der Waals surface area contributed by atoms with Gasteiger partial charge in [-0.15, -0.1) is 0 Å². The minimum atomic E-state index is -0.318. The summed E-state index contributed by atoms with van der Waals surface area (Å²) in [4.78, 5) is 38.3. The van der Waals surface area contributed by atoms with Crippen molar-refractivity contribution in [2.45, 2.75) is 111 Å². The molecule has 1 amide bonds. The third-order valence-electron chi connectivity index (χ3n) is 8.26. The van der Waals surface area contributed by atoms with Crippen LogP contribution < -0.4 is 5.32 Å². The molecule has 0 spiro atoms. The maximum Gasteiger partial charge on any atom is 0.291 e. The highest BCUT2D eigenvalue weighted by Crippen LogP contribution is 2.30. The van der Waals surface area contributed by atoms with Gasteiger partial charge in [-0.1, -0.05) is 63.6 Å². The lowest BCUT2D eigenvalue weighted by molar-refractivity contribution is -0.119. The first-order chi connectivity index (χ1) is 20.2. The van der Waals surface area contributed by atoms with Gasteiger partial charge < -0.3 is 9.73 Å². The highest BCUT2D eigenvalue weighted by Gasteiger charge is 2.18. The van der Waals surface area contributed by atoms with E-state index in [0.717, 1.165) is 56.9 Å². The van der Waals surface area contributed by atoms with Crippen LogP contribution in [0.3, 0.4) is 0 Å². The number of benzene rings is 2. The molecule has 0 aliphatic carbocycles. The molecule has 1 aromatic heterocycles. The molecule has 3 rings (SSSR count). The van der Waals surface area contributed by atoms with E-state index >= 15 is 0 Å². The maximum atomic E-state index is 13.2. The van der Waals surface area contributed by atoms with Crippen molar-refractivity contribution in [2.75, 3.05) is 5.32 Å². The summed E-state index contributed by atoms with van der Waals surface area (Å²) in [5.74, 6) is 1.66. The highest BCUT2D eigenvalue weighted by molar-refractivity contribution is 6.04. The van der Waals surface area contributed by atoms with Gasteiger partial charge in [0, 0.05) is 30.5 Å². The van der Waals surface area contributed by atoms with Crippen LogP contribution in [0.5, 0.6) is 0 Å². The van der Waals surface area contributed by atoms with Crippen LogP contribution in [-0.4, -0.2) is 17.5 Å². The molecule has 42 heavy (non-hydrogen) atoms. The lowest BCUT2D eigenvalue weighted by Gasteiger charge is -2.18. The third-order valence-corrected chi connectivity index (χ3v) is 8.26. The Morgan fingerprint density at radius 2 is 1.64 bits per heavy atom. The second-order valence-electron chi connectivity index (χ2n) is 11.9. The molecule has 0 aliphatic rings. The molecule has 0 bridgehead atoms. The number of hydrogen-bond acceptors (Lipinski definition) is 4. The number of carbonyl (C=O) groups is 3. The number of amides is 1. The summed E-state index contributed by atoms with van der Waals surface area (Å²) < 4.78 is 5.55. The van der Waals surface area contributed by atoms with E-state index in [1.54, 1.807) is 12.1 Å². The van der Waals surface area contributed by atoms with Crippen LogP contribution in [0.2, 0.25) is 0 Å². The average Bonchev–Trinajstić information content (AvgIpc) is 3.41. The summed E-state index contributed by atoms with van der Waals surface area (Å²) in [6.07, 6.45) is 9.22. The number of aryl methyl sites for hydroxylation is 3. The summed E-state index contributed by atoms with van der Waals surface area (Å²) in [7, 11) is 0. The van der Waals surface area contributed by atoms with Crippen LogP contribution in [0.25, 0.3) is 0 Å². The zero-order chi connectivity index (χ0) is 30.5. The minimum absolute atomic E-state index is 0.0568. The van der Waals surface area contributed by atoms with Crippen LogP contribution in [-0.2, 0) is 11.2 Å². The van der Waals surface area contributed by atoms with Crippen molar-refractivity contribution in [1.29, 1.82) is 0 Å². The van der Waals surface area contributed by atoms with Crippen LogP contribution in [0.15, 0.2) is 59.0 Å². The van der Waals surface area contributed by atoms with E-state index in [9.17, 15) is 14.4 Å². The monoisotopic (exact) mass is 571 g/mol. The van der Waals surface area contributed by atoms with E-state index in [4.69, 9.17) is 4.42 Å². The fourth-order valence-corrected chi connectivity index (χ4v) is 5.67. The van der Waals surface area contributed by atoms with Crippen LogP contribution in [0.4, 0.5) is 5.69 Å². The first kappa shape index (κ1) is 33.0. The second-order valence-corrected chi connectivity index (χ2v) is 11.9. The average molecular weight is 572 g/mol. The van der Waals surface area contributed by atoms with Gasteiger partial charge in [0.25, 0.3) is 5.91 Å². The zero-order valence-electron chi connectivity index (χ0n) is 26.3.